The number of rotatable bonds is 15. The Hall–Kier alpha value is -13.4. The molecule has 0 spiro atoms. The normalized spacial score (nSPS) is 11.6. The van der Waals surface area contributed by atoms with Crippen molar-refractivity contribution in [3.05, 3.63) is 426 Å². The molecule has 5 aromatic heterocycles. The van der Waals surface area contributed by atoms with Gasteiger partial charge in [0.1, 0.15) is 72.7 Å². The zero-order valence-electron chi connectivity index (χ0n) is 80.4. The maximum absolute atomic E-state index is 13.5. The van der Waals surface area contributed by atoms with E-state index in [1.165, 1.54) is 26.0 Å². The summed E-state index contributed by atoms with van der Waals surface area (Å²) in [5.74, 6) is 1.26. The summed E-state index contributed by atoms with van der Waals surface area (Å²) in [5, 5.41) is 13.5. The van der Waals surface area contributed by atoms with E-state index in [0.29, 0.717) is 180 Å². The number of carbonyl (C=O) groups is 8. The Balaban J connectivity index is 0.000000189. The molecule has 1 aliphatic carbocycles. The molecule has 33 heteroatoms. The first-order chi connectivity index (χ1) is 70.3. The summed E-state index contributed by atoms with van der Waals surface area (Å²) in [7, 11) is 0. The van der Waals surface area contributed by atoms with Gasteiger partial charge in [0.05, 0.1) is 118 Å². The van der Waals surface area contributed by atoms with E-state index in [2.05, 4.69) is 31.9 Å². The molecule has 12 aromatic carbocycles. The van der Waals surface area contributed by atoms with E-state index in [0.717, 1.165) is 16.0 Å². The fourth-order valence-electron chi connectivity index (χ4n) is 15.0. The molecular formula is C115H99Br2Cl8N3O20. The minimum Gasteiger partial charge on any atom is -0.507 e. The van der Waals surface area contributed by atoms with E-state index in [4.69, 9.17) is 136 Å². The third-order valence-electron chi connectivity index (χ3n) is 22.0. The number of imide groups is 1. The van der Waals surface area contributed by atoms with Gasteiger partial charge in [0.25, 0.3) is 11.8 Å². The molecule has 0 radical (unpaired) electrons. The number of nitrogens with two attached hydrogens (primary N) is 2. The molecule has 0 saturated heterocycles. The minimum atomic E-state index is -0.807. The molecule has 23 nitrogen and oxygen atoms in total. The van der Waals surface area contributed by atoms with Gasteiger partial charge >= 0.3 is 5.97 Å². The van der Waals surface area contributed by atoms with E-state index >= 15 is 0 Å². The molecule has 0 saturated carbocycles. The van der Waals surface area contributed by atoms with Crippen LogP contribution in [0.5, 0.6) is 11.5 Å². The number of fused-ring (bicyclic) bond motifs is 7. The Labute approximate surface area is 907 Å². The number of phenols is 1. The van der Waals surface area contributed by atoms with E-state index < -0.39 is 17.9 Å². The van der Waals surface area contributed by atoms with Crippen molar-refractivity contribution in [2.24, 2.45) is 11.5 Å². The van der Waals surface area contributed by atoms with Crippen molar-refractivity contribution in [2.75, 3.05) is 13.1 Å². The largest absolute Gasteiger partial charge is 0.507 e. The van der Waals surface area contributed by atoms with Crippen molar-refractivity contribution < 1.29 is 70.3 Å². The van der Waals surface area contributed by atoms with Gasteiger partial charge in [-0.05, 0) is 169 Å². The molecule has 19 rings (SSSR count). The number of Topliss-reactive ketones (excluding diaryl/α,β-unsaturated/α-hetero) is 4. The lowest BCUT2D eigenvalue weighted by Crippen LogP contribution is -2.33. The predicted octanol–water partition coefficient (Wildman–Crippen LogP) is 29.8. The van der Waals surface area contributed by atoms with E-state index in [1.54, 1.807) is 203 Å². The zero-order valence-corrected chi connectivity index (χ0v) is 89.6. The summed E-state index contributed by atoms with van der Waals surface area (Å²) in [6, 6.07) is 77.6. The Morgan fingerprint density at radius 2 is 0.736 bits per heavy atom. The highest BCUT2D eigenvalue weighted by atomic mass is 79.9. The number of carbonyl (C=O) groups excluding carboxylic acids is 8. The number of esters is 1. The number of alkyl halides is 1. The summed E-state index contributed by atoms with van der Waals surface area (Å²) >= 11 is 53.5. The van der Waals surface area contributed by atoms with Gasteiger partial charge in [-0.15, -0.1) is 0 Å². The van der Waals surface area contributed by atoms with E-state index in [1.807, 2.05) is 107 Å². The first kappa shape index (κ1) is 118. The van der Waals surface area contributed by atoms with Gasteiger partial charge in [-0.25, -0.2) is 0 Å². The number of amides is 2. The molecule has 148 heavy (non-hydrogen) atoms. The molecule has 0 bridgehead atoms. The number of benzene rings is 12. The summed E-state index contributed by atoms with van der Waals surface area (Å²) in [5.41, 5.74) is 17.6. The van der Waals surface area contributed by atoms with Crippen molar-refractivity contribution in [1.29, 1.82) is 0 Å². The Kier molecular flexibility index (Phi) is 44.8. The second-order valence-corrected chi connectivity index (χ2v) is 37.3. The molecule has 0 fully saturated rings. The molecule has 2 unspecified atom stereocenters. The van der Waals surface area contributed by atoms with Gasteiger partial charge in [-0.1, -0.05) is 309 Å². The zero-order chi connectivity index (χ0) is 107. The summed E-state index contributed by atoms with van der Waals surface area (Å²) < 4.78 is 34.5. The SMILES string of the molecule is C.CC(=O)c1c(O)cccc1Cl.CC(Br)c1oc2cccc(Cl)c2c(=O)c1-c1ccccc1.CC(c1oc2cccc(Cl)c2c(=O)c1-c1ccccc1)N1C(=O)c2ccccc2C1=O.CCC(=O)Cl.CCC(=O)Oc1cccc(Cl)c1C(C)=O.CCc1cc(=O)c2c(Cl)cccc2o1.CCc1oc2cccc(Cl)c2c(=O)c1-c1ccccc1.CCc1oc2cccc(Cl)c2c(=O)c1Br.NCCN.O=C1CC(=O)c2ccccc21. The van der Waals surface area contributed by atoms with Crippen LogP contribution in [-0.4, -0.2) is 69.3 Å². The summed E-state index contributed by atoms with van der Waals surface area (Å²) in [6.45, 7) is 16.8. The molecule has 17 aromatic rings. The first-order valence-electron chi connectivity index (χ1n) is 45.7. The number of hydrogen-bond donors (Lipinski definition) is 3. The minimum absolute atomic E-state index is 0. The van der Waals surface area contributed by atoms with Crippen molar-refractivity contribution in [1.82, 2.24) is 4.90 Å². The maximum atomic E-state index is 13.5. The highest BCUT2D eigenvalue weighted by Crippen LogP contribution is 2.41. The van der Waals surface area contributed by atoms with Gasteiger partial charge in [-0.3, -0.25) is 67.2 Å². The number of aromatic hydroxyl groups is 1. The number of ether oxygens (including phenoxy) is 1. The second kappa shape index (κ2) is 56.2. The molecule has 5 N–H and O–H groups in total. The number of phenolic OH excluding ortho intramolecular Hbond substituents is 1. The van der Waals surface area contributed by atoms with Crippen molar-refractivity contribution in [3.8, 4) is 44.9 Å². The predicted molar refractivity (Wildman–Crippen MR) is 599 cm³/mol. The standard InChI is InChI=1S/C25H16ClNO4.C17H12BrClO2.C17H13ClO2.C11H8BrClO2.C11H11ClO3.C11H9ClO2.C9H6O2.C8H7ClO2.C3H5ClO.C2H8N2.CH4/c1-14(27-24(29)16-10-5-6-11-17(16)25(27)30)23-20(15-8-3-2-4-9-15)22(28)21-18(26)12-7-13-19(21)31-23;1-10(18)17-14(11-6-3-2-4-7-11)16(20)15-12(19)8-5-9-13(15)21-17;1-2-13-15(11-7-4-3-5-8-11)17(19)16-12(18)9-6-10-14(16)20-13;1-2-7-10(12)11(14)9-6(13)4-3-5-8(9)15-7;1-3-10(14)15-9-6-4-5-8(12)11(9)7(2)13;1-2-7-6-9(13)11-8(12)4-3-5-10(11)14-7;10-8-5-9(11)7-4-2-1-3-6(7)8;1-5(10)8-6(9)3-2-4-7(8)11;1-2-3(4)5;3-1-2-4;/h2-14H,1H3;2-10H,1H3;3-10H,2H2,1H3;3-5H,2H2,1H3;4-6H,3H2,1-2H3;3-6H,2H2,1H3;1-4H,5H2;2-4,11H,1H3;2H2,1H3;1-4H2;1H4. The van der Waals surface area contributed by atoms with E-state index in [-0.39, 0.29) is 136 Å². The lowest BCUT2D eigenvalue weighted by molar-refractivity contribution is -0.134. The number of halogens is 10. The van der Waals surface area contributed by atoms with Crippen molar-refractivity contribution in [2.45, 2.75) is 119 Å². The molecule has 764 valence electrons. The van der Waals surface area contributed by atoms with Gasteiger partial charge in [0, 0.05) is 62.4 Å². The van der Waals surface area contributed by atoms with E-state index in [9.17, 15) is 62.3 Å². The average molecular weight is 2290 g/mol. The highest BCUT2D eigenvalue weighted by molar-refractivity contribution is 9.10. The number of nitrogens with zero attached hydrogens (tertiary/aromatic N) is 1. The average Bonchev–Trinajstić information content (AvgIpc) is 1.59. The third kappa shape index (κ3) is 29.0. The molecule has 2 aliphatic rings. The fourth-order valence-corrected chi connectivity index (χ4v) is 17.7. The van der Waals surface area contributed by atoms with Gasteiger partial charge in [0.2, 0.25) is 27.0 Å². The maximum Gasteiger partial charge on any atom is 0.310 e. The smallest absolute Gasteiger partial charge is 0.310 e. The number of ketones is 4. The van der Waals surface area contributed by atoms with Crippen LogP contribution in [0.15, 0.2) is 324 Å². The molecular weight excluding hydrogens is 2190 g/mol. The molecule has 6 heterocycles. The Morgan fingerprint density at radius 1 is 0.399 bits per heavy atom. The lowest BCUT2D eigenvalue weighted by atomic mass is 9.98. The Bertz CT molecular complexity index is 8010. The van der Waals surface area contributed by atoms with Crippen LogP contribution in [0.4, 0.5) is 0 Å². The van der Waals surface area contributed by atoms with Crippen LogP contribution in [0, 0.1) is 0 Å². The number of hydrogen-bond acceptors (Lipinski definition) is 22. The van der Waals surface area contributed by atoms with Crippen molar-refractivity contribution >= 4 is 226 Å². The van der Waals surface area contributed by atoms with Crippen LogP contribution >= 0.6 is 125 Å². The van der Waals surface area contributed by atoms with Crippen LogP contribution < -0.4 is 43.3 Å². The second-order valence-electron chi connectivity index (χ2n) is 31.9. The monoisotopic (exact) mass is 2280 g/mol. The highest BCUT2D eigenvalue weighted by Gasteiger charge is 2.41. The summed E-state index contributed by atoms with van der Waals surface area (Å²) in [4.78, 5) is 155. The molecule has 2 atom stereocenters. The molecule has 1 aliphatic heterocycles. The quantitative estimate of drug-likeness (QED) is 0.0163. The van der Waals surface area contributed by atoms with Crippen LogP contribution in [0.25, 0.3) is 88.2 Å². The van der Waals surface area contributed by atoms with Crippen LogP contribution in [0.2, 0.25) is 35.2 Å². The van der Waals surface area contributed by atoms with Gasteiger partial charge in [0.15, 0.2) is 28.6 Å². The molecule has 2 amide bonds. The van der Waals surface area contributed by atoms with Gasteiger partial charge in [-0.2, -0.15) is 0 Å². The van der Waals surface area contributed by atoms with Crippen LogP contribution in [0.1, 0.15) is 191 Å². The third-order valence-corrected chi connectivity index (χ3v) is 25.7. The van der Waals surface area contributed by atoms with Crippen LogP contribution in [0.3, 0.4) is 0 Å². The number of aryl methyl sites for hydroxylation is 3. The summed E-state index contributed by atoms with van der Waals surface area (Å²) in [6.07, 6.45) is 2.77. The fraction of sp³-hybridized carbons (Fsp3) is 0.174. The lowest BCUT2D eigenvalue weighted by Gasteiger charge is -2.24. The Morgan fingerprint density at radius 3 is 1.11 bits per heavy atom. The van der Waals surface area contributed by atoms with Gasteiger partial charge < -0.3 is 43.4 Å². The van der Waals surface area contributed by atoms with Crippen LogP contribution in [-0.2, 0) is 28.9 Å². The topological polar surface area (TPSA) is 372 Å². The van der Waals surface area contributed by atoms with Crippen molar-refractivity contribution in [3.63, 3.8) is 0 Å². The first-order valence-corrected chi connectivity index (χ1v) is 50.4.